The average molecular weight is 197 g/mol. The first-order valence-electron chi connectivity index (χ1n) is 5.46. The topological polar surface area (TPSA) is 21.7 Å². The summed E-state index contributed by atoms with van der Waals surface area (Å²) in [5, 5.41) is 0. The molecule has 0 bridgehead atoms. The third-order valence-electron chi connectivity index (χ3n) is 3.08. The molecule has 0 aromatic rings. The third kappa shape index (κ3) is 2.16. The first-order chi connectivity index (χ1) is 6.85. The molecule has 0 saturated carbocycles. The van der Waals surface area contributed by atoms with E-state index in [0.717, 1.165) is 52.1 Å². The van der Waals surface area contributed by atoms with Crippen LogP contribution in [0.1, 0.15) is 19.3 Å². The Morgan fingerprint density at radius 3 is 2.43 bits per heavy atom. The lowest BCUT2D eigenvalue weighted by Crippen LogP contribution is -2.45. The van der Waals surface area contributed by atoms with E-state index in [4.69, 9.17) is 9.47 Å². The largest absolute Gasteiger partial charge is 0.347 e. The molecule has 0 N–H and O–H groups in total. The maximum Gasteiger partial charge on any atom is 0.170 e. The van der Waals surface area contributed by atoms with Gasteiger partial charge in [-0.2, -0.15) is 0 Å². The molecule has 3 nitrogen and oxygen atoms in total. The molecular formula is C11H19NO2. The summed E-state index contributed by atoms with van der Waals surface area (Å²) in [6.45, 7) is 8.59. The first-order valence-corrected chi connectivity index (χ1v) is 5.46. The Hall–Kier alpha value is -0.380. The molecule has 0 unspecified atom stereocenters. The van der Waals surface area contributed by atoms with Crippen LogP contribution in [-0.2, 0) is 9.47 Å². The molecule has 0 amide bonds. The summed E-state index contributed by atoms with van der Waals surface area (Å²) < 4.78 is 11.3. The molecule has 80 valence electrons. The Labute approximate surface area is 85.7 Å². The molecule has 0 aliphatic carbocycles. The van der Waals surface area contributed by atoms with Crippen LogP contribution >= 0.6 is 0 Å². The minimum absolute atomic E-state index is 0.218. The highest BCUT2D eigenvalue weighted by atomic mass is 16.7. The van der Waals surface area contributed by atoms with Gasteiger partial charge in [0.25, 0.3) is 0 Å². The van der Waals surface area contributed by atoms with Crippen molar-refractivity contribution in [3.05, 3.63) is 12.7 Å². The molecule has 0 aromatic heterocycles. The van der Waals surface area contributed by atoms with Gasteiger partial charge in [0.1, 0.15) is 0 Å². The minimum atomic E-state index is -0.218. The Bertz CT molecular complexity index is 189. The molecule has 1 spiro atoms. The van der Waals surface area contributed by atoms with Crippen molar-refractivity contribution >= 4 is 0 Å². The fourth-order valence-corrected chi connectivity index (χ4v) is 2.18. The average Bonchev–Trinajstić information content (AvgIpc) is 2.66. The van der Waals surface area contributed by atoms with Gasteiger partial charge in [0, 0.05) is 32.5 Å². The fraction of sp³-hybridized carbons (Fsp3) is 0.818. The highest BCUT2D eigenvalue weighted by Crippen LogP contribution is 2.31. The van der Waals surface area contributed by atoms with Gasteiger partial charge in [0.2, 0.25) is 0 Å². The van der Waals surface area contributed by atoms with Crippen LogP contribution in [0.5, 0.6) is 0 Å². The Morgan fingerprint density at radius 2 is 1.86 bits per heavy atom. The summed E-state index contributed by atoms with van der Waals surface area (Å²) in [4.78, 5) is 2.46. The smallest absolute Gasteiger partial charge is 0.170 e. The molecule has 2 rings (SSSR count). The van der Waals surface area contributed by atoms with Gasteiger partial charge in [0.15, 0.2) is 5.79 Å². The number of likely N-dealkylation sites (tertiary alicyclic amines) is 1. The van der Waals surface area contributed by atoms with Gasteiger partial charge in [-0.05, 0) is 6.42 Å². The molecule has 2 fully saturated rings. The maximum atomic E-state index is 5.67. The lowest BCUT2D eigenvalue weighted by molar-refractivity contribution is -0.185. The van der Waals surface area contributed by atoms with E-state index in [1.807, 2.05) is 6.08 Å². The van der Waals surface area contributed by atoms with E-state index in [1.54, 1.807) is 0 Å². The molecule has 14 heavy (non-hydrogen) atoms. The van der Waals surface area contributed by atoms with Crippen LogP contribution in [-0.4, -0.2) is 43.5 Å². The SMILES string of the molecule is C=CCCN1CCC2(CC1)OCCO2. The van der Waals surface area contributed by atoms with Gasteiger partial charge < -0.3 is 14.4 Å². The summed E-state index contributed by atoms with van der Waals surface area (Å²) in [5.74, 6) is -0.218. The normalized spacial score (nSPS) is 26.9. The molecule has 0 atom stereocenters. The summed E-state index contributed by atoms with van der Waals surface area (Å²) in [5.41, 5.74) is 0. The van der Waals surface area contributed by atoms with E-state index >= 15 is 0 Å². The summed E-state index contributed by atoms with van der Waals surface area (Å²) in [6, 6.07) is 0. The maximum absolute atomic E-state index is 5.67. The standard InChI is InChI=1S/C11H19NO2/c1-2-3-6-12-7-4-11(5-8-12)13-9-10-14-11/h2H,1,3-10H2. The van der Waals surface area contributed by atoms with E-state index in [0.29, 0.717) is 0 Å². The third-order valence-corrected chi connectivity index (χ3v) is 3.08. The van der Waals surface area contributed by atoms with Crippen LogP contribution in [0, 0.1) is 0 Å². The highest BCUT2D eigenvalue weighted by Gasteiger charge is 2.39. The van der Waals surface area contributed by atoms with E-state index < -0.39 is 0 Å². The number of piperidine rings is 1. The van der Waals surface area contributed by atoms with Crippen molar-refractivity contribution in [3.8, 4) is 0 Å². The van der Waals surface area contributed by atoms with E-state index in [-0.39, 0.29) is 5.79 Å². The zero-order chi connectivity index (χ0) is 9.86. The van der Waals surface area contributed by atoms with Gasteiger partial charge in [-0.3, -0.25) is 0 Å². The second-order valence-electron chi connectivity index (χ2n) is 4.03. The molecule has 2 aliphatic rings. The molecule has 2 aliphatic heterocycles. The van der Waals surface area contributed by atoms with Crippen molar-refractivity contribution in [3.63, 3.8) is 0 Å². The number of hydrogen-bond acceptors (Lipinski definition) is 3. The lowest BCUT2D eigenvalue weighted by atomic mass is 10.0. The molecule has 2 heterocycles. The van der Waals surface area contributed by atoms with Crippen LogP contribution in [0.3, 0.4) is 0 Å². The second kappa shape index (κ2) is 4.43. The zero-order valence-electron chi connectivity index (χ0n) is 8.71. The van der Waals surface area contributed by atoms with E-state index in [2.05, 4.69) is 11.5 Å². The fourth-order valence-electron chi connectivity index (χ4n) is 2.18. The Kier molecular flexibility index (Phi) is 3.21. The van der Waals surface area contributed by atoms with Crippen LogP contribution < -0.4 is 0 Å². The van der Waals surface area contributed by atoms with E-state index in [1.165, 1.54) is 0 Å². The van der Waals surface area contributed by atoms with Crippen LogP contribution in [0.25, 0.3) is 0 Å². The lowest BCUT2D eigenvalue weighted by Gasteiger charge is -2.37. The minimum Gasteiger partial charge on any atom is -0.347 e. The summed E-state index contributed by atoms with van der Waals surface area (Å²) in [7, 11) is 0. The van der Waals surface area contributed by atoms with Crippen molar-refractivity contribution < 1.29 is 9.47 Å². The molecule has 3 heteroatoms. The van der Waals surface area contributed by atoms with Gasteiger partial charge in [-0.15, -0.1) is 6.58 Å². The van der Waals surface area contributed by atoms with Crippen LogP contribution in [0.4, 0.5) is 0 Å². The van der Waals surface area contributed by atoms with E-state index in [9.17, 15) is 0 Å². The zero-order valence-corrected chi connectivity index (χ0v) is 8.71. The Balaban J connectivity index is 1.76. The molecule has 2 saturated heterocycles. The highest BCUT2D eigenvalue weighted by molar-refractivity contribution is 4.83. The summed E-state index contributed by atoms with van der Waals surface area (Å²) in [6.07, 6.45) is 5.09. The van der Waals surface area contributed by atoms with Crippen molar-refractivity contribution in [2.45, 2.75) is 25.0 Å². The number of ether oxygens (including phenoxy) is 2. The quantitative estimate of drug-likeness (QED) is 0.638. The van der Waals surface area contributed by atoms with Gasteiger partial charge in [-0.25, -0.2) is 0 Å². The summed E-state index contributed by atoms with van der Waals surface area (Å²) >= 11 is 0. The van der Waals surface area contributed by atoms with Crippen molar-refractivity contribution in [1.82, 2.24) is 4.90 Å². The molecule has 0 aromatic carbocycles. The second-order valence-corrected chi connectivity index (χ2v) is 4.03. The molecular weight excluding hydrogens is 178 g/mol. The number of rotatable bonds is 3. The number of hydrogen-bond donors (Lipinski definition) is 0. The van der Waals surface area contributed by atoms with Gasteiger partial charge in [0.05, 0.1) is 13.2 Å². The Morgan fingerprint density at radius 1 is 1.21 bits per heavy atom. The van der Waals surface area contributed by atoms with Gasteiger partial charge >= 0.3 is 0 Å². The predicted molar refractivity (Wildman–Crippen MR) is 55.1 cm³/mol. The number of nitrogens with zero attached hydrogens (tertiary/aromatic N) is 1. The van der Waals surface area contributed by atoms with Crippen molar-refractivity contribution in [2.75, 3.05) is 32.8 Å². The predicted octanol–water partition coefficient (Wildman–Crippen LogP) is 1.40. The van der Waals surface area contributed by atoms with Crippen molar-refractivity contribution in [2.24, 2.45) is 0 Å². The van der Waals surface area contributed by atoms with Gasteiger partial charge in [-0.1, -0.05) is 6.08 Å². The van der Waals surface area contributed by atoms with Crippen molar-refractivity contribution in [1.29, 1.82) is 0 Å². The first kappa shape index (κ1) is 10.1. The monoisotopic (exact) mass is 197 g/mol. The molecule has 0 radical (unpaired) electrons. The van der Waals surface area contributed by atoms with Crippen LogP contribution in [0.15, 0.2) is 12.7 Å². The van der Waals surface area contributed by atoms with Crippen LogP contribution in [0.2, 0.25) is 0 Å².